The lowest BCUT2D eigenvalue weighted by Gasteiger charge is -2.36. The smallest absolute Gasteiger partial charge is 0.226 e. The van der Waals surface area contributed by atoms with Crippen LogP contribution < -0.4 is 4.90 Å². The van der Waals surface area contributed by atoms with Crippen molar-refractivity contribution in [3.63, 3.8) is 0 Å². The zero-order valence-electron chi connectivity index (χ0n) is 20.1. The van der Waals surface area contributed by atoms with E-state index in [2.05, 4.69) is 41.0 Å². The fourth-order valence-electron chi connectivity index (χ4n) is 5.77. The highest BCUT2D eigenvalue weighted by Crippen LogP contribution is 2.48. The SMILES string of the molecule is CCCCc1nc(N2CCN(C(=O)[C@@H]3C[C@H]3c3ccccc3)CC2)c2c3c(sc2n1)CCCC3. The molecule has 3 aliphatic rings. The highest BCUT2D eigenvalue weighted by molar-refractivity contribution is 7.19. The number of piperazine rings is 1. The number of carbonyl (C=O) groups excluding carboxylic acids is 1. The maximum absolute atomic E-state index is 13.2. The summed E-state index contributed by atoms with van der Waals surface area (Å²) in [6.07, 6.45) is 9.12. The van der Waals surface area contributed by atoms with Gasteiger partial charge in [-0.3, -0.25) is 4.79 Å². The molecule has 3 heterocycles. The van der Waals surface area contributed by atoms with Crippen molar-refractivity contribution in [2.24, 2.45) is 5.92 Å². The molecule has 2 aliphatic carbocycles. The van der Waals surface area contributed by atoms with Gasteiger partial charge < -0.3 is 9.80 Å². The molecule has 1 amide bonds. The summed E-state index contributed by atoms with van der Waals surface area (Å²) in [5.74, 6) is 3.05. The molecule has 34 heavy (non-hydrogen) atoms. The second-order valence-corrected chi connectivity index (χ2v) is 11.2. The summed E-state index contributed by atoms with van der Waals surface area (Å²) >= 11 is 1.90. The van der Waals surface area contributed by atoms with E-state index in [9.17, 15) is 4.79 Å². The van der Waals surface area contributed by atoms with E-state index in [1.165, 1.54) is 45.5 Å². The van der Waals surface area contributed by atoms with Crippen LogP contribution in [0.15, 0.2) is 30.3 Å². The van der Waals surface area contributed by atoms with Crippen molar-refractivity contribution < 1.29 is 4.79 Å². The quantitative estimate of drug-likeness (QED) is 0.482. The Morgan fingerprint density at radius 2 is 1.85 bits per heavy atom. The Morgan fingerprint density at radius 3 is 2.65 bits per heavy atom. The van der Waals surface area contributed by atoms with Gasteiger partial charge in [-0.05, 0) is 55.6 Å². The number of anilines is 1. The normalized spacial score (nSPS) is 22.1. The molecule has 2 aromatic heterocycles. The van der Waals surface area contributed by atoms with E-state index < -0.39 is 0 Å². The number of fused-ring (bicyclic) bond motifs is 3. The third-order valence-corrected chi connectivity index (χ3v) is 9.01. The molecule has 0 spiro atoms. The number of hydrogen-bond donors (Lipinski definition) is 0. The zero-order chi connectivity index (χ0) is 23.1. The third-order valence-electron chi connectivity index (χ3n) is 7.82. The predicted octanol–water partition coefficient (Wildman–Crippen LogP) is 5.37. The van der Waals surface area contributed by atoms with Crippen LogP contribution in [0.1, 0.15) is 66.8 Å². The second-order valence-electron chi connectivity index (χ2n) is 10.1. The van der Waals surface area contributed by atoms with E-state index in [4.69, 9.17) is 9.97 Å². The van der Waals surface area contributed by atoms with Crippen LogP contribution in [-0.4, -0.2) is 47.0 Å². The van der Waals surface area contributed by atoms with E-state index in [0.717, 1.165) is 69.9 Å². The van der Waals surface area contributed by atoms with Crippen LogP contribution in [0.3, 0.4) is 0 Å². The lowest BCUT2D eigenvalue weighted by atomic mass is 9.96. The molecule has 5 nitrogen and oxygen atoms in total. The number of thiophene rings is 1. The molecule has 0 N–H and O–H groups in total. The molecule has 3 aromatic rings. The maximum atomic E-state index is 13.2. The highest BCUT2D eigenvalue weighted by atomic mass is 32.1. The average Bonchev–Trinajstić information content (AvgIpc) is 3.61. The van der Waals surface area contributed by atoms with Gasteiger partial charge in [0.2, 0.25) is 5.91 Å². The number of hydrogen-bond acceptors (Lipinski definition) is 5. The molecule has 2 fully saturated rings. The Balaban J connectivity index is 1.20. The Labute approximate surface area is 206 Å². The first kappa shape index (κ1) is 22.0. The van der Waals surface area contributed by atoms with Gasteiger partial charge in [0, 0.05) is 43.4 Å². The van der Waals surface area contributed by atoms with Crippen molar-refractivity contribution in [2.45, 2.75) is 64.2 Å². The molecule has 1 aromatic carbocycles. The number of amides is 1. The van der Waals surface area contributed by atoms with E-state index >= 15 is 0 Å². The first-order valence-electron chi connectivity index (χ1n) is 13.1. The number of aryl methyl sites for hydroxylation is 3. The molecule has 6 heteroatoms. The summed E-state index contributed by atoms with van der Waals surface area (Å²) in [7, 11) is 0. The lowest BCUT2D eigenvalue weighted by molar-refractivity contribution is -0.133. The molecule has 2 atom stereocenters. The third kappa shape index (κ3) is 4.10. The summed E-state index contributed by atoms with van der Waals surface area (Å²) in [5.41, 5.74) is 2.81. The summed E-state index contributed by atoms with van der Waals surface area (Å²) in [6, 6.07) is 10.5. The van der Waals surface area contributed by atoms with Gasteiger partial charge in [0.05, 0.1) is 5.39 Å². The molecule has 1 saturated heterocycles. The van der Waals surface area contributed by atoms with Gasteiger partial charge in [-0.25, -0.2) is 9.97 Å². The molecule has 0 radical (unpaired) electrons. The van der Waals surface area contributed by atoms with Crippen molar-refractivity contribution in [3.8, 4) is 0 Å². The van der Waals surface area contributed by atoms with Gasteiger partial charge in [-0.2, -0.15) is 0 Å². The lowest BCUT2D eigenvalue weighted by Crippen LogP contribution is -2.49. The summed E-state index contributed by atoms with van der Waals surface area (Å²) < 4.78 is 0. The zero-order valence-corrected chi connectivity index (χ0v) is 20.9. The molecule has 178 valence electrons. The summed E-state index contributed by atoms with van der Waals surface area (Å²) in [4.78, 5) is 30.6. The van der Waals surface area contributed by atoms with E-state index in [1.54, 1.807) is 0 Å². The van der Waals surface area contributed by atoms with Gasteiger partial charge in [0.25, 0.3) is 0 Å². The van der Waals surface area contributed by atoms with Crippen LogP contribution in [0.5, 0.6) is 0 Å². The van der Waals surface area contributed by atoms with E-state index in [1.807, 2.05) is 17.4 Å². The van der Waals surface area contributed by atoms with E-state index in [0.29, 0.717) is 11.8 Å². The Kier molecular flexibility index (Phi) is 6.02. The standard InChI is InChI=1S/C28H34N4OS/c1-2-3-13-24-29-26(25-20-11-7-8-12-23(20)34-27(25)30-24)31-14-16-32(17-15-31)28(33)22-18-21(22)19-9-5-4-6-10-19/h4-6,9-10,21-22H,2-3,7-8,11-18H2,1H3/t21-,22+/m0/s1. The van der Waals surface area contributed by atoms with Gasteiger partial charge in [-0.15, -0.1) is 11.3 Å². The number of benzene rings is 1. The first-order chi connectivity index (χ1) is 16.7. The minimum atomic E-state index is 0.171. The van der Waals surface area contributed by atoms with Crippen LogP contribution in [0.4, 0.5) is 5.82 Å². The van der Waals surface area contributed by atoms with Crippen molar-refractivity contribution in [3.05, 3.63) is 52.2 Å². The van der Waals surface area contributed by atoms with Gasteiger partial charge in [0.15, 0.2) is 0 Å². The van der Waals surface area contributed by atoms with Crippen LogP contribution >= 0.6 is 11.3 Å². The second kappa shape index (κ2) is 9.29. The molecule has 0 unspecified atom stereocenters. The maximum Gasteiger partial charge on any atom is 0.226 e. The summed E-state index contributed by atoms with van der Waals surface area (Å²) in [5, 5.41) is 1.31. The fourth-order valence-corrected chi connectivity index (χ4v) is 7.04. The van der Waals surface area contributed by atoms with Crippen LogP contribution in [0.2, 0.25) is 0 Å². The molecular formula is C28H34N4OS. The minimum Gasteiger partial charge on any atom is -0.352 e. The number of unbranched alkanes of at least 4 members (excludes halogenated alkanes) is 1. The van der Waals surface area contributed by atoms with E-state index in [-0.39, 0.29) is 5.92 Å². The Bertz CT molecular complexity index is 1180. The average molecular weight is 475 g/mol. The van der Waals surface area contributed by atoms with Crippen LogP contribution in [0.25, 0.3) is 10.2 Å². The Hall–Kier alpha value is -2.47. The molecule has 1 saturated carbocycles. The molecule has 0 bridgehead atoms. The monoisotopic (exact) mass is 474 g/mol. The molecular weight excluding hydrogens is 440 g/mol. The number of aromatic nitrogens is 2. The number of rotatable bonds is 6. The number of carbonyl (C=O) groups is 1. The minimum absolute atomic E-state index is 0.171. The van der Waals surface area contributed by atoms with Crippen molar-refractivity contribution in [1.29, 1.82) is 0 Å². The van der Waals surface area contributed by atoms with Crippen LogP contribution in [0, 0.1) is 5.92 Å². The van der Waals surface area contributed by atoms with Crippen molar-refractivity contribution in [2.75, 3.05) is 31.1 Å². The fraction of sp³-hybridized carbons (Fsp3) is 0.536. The van der Waals surface area contributed by atoms with Crippen molar-refractivity contribution >= 4 is 33.3 Å². The molecule has 1 aliphatic heterocycles. The number of nitrogens with zero attached hydrogens (tertiary/aromatic N) is 4. The molecule has 6 rings (SSSR count). The largest absolute Gasteiger partial charge is 0.352 e. The summed E-state index contributed by atoms with van der Waals surface area (Å²) in [6.45, 7) is 5.52. The van der Waals surface area contributed by atoms with Crippen molar-refractivity contribution in [1.82, 2.24) is 14.9 Å². The first-order valence-corrected chi connectivity index (χ1v) is 13.9. The topological polar surface area (TPSA) is 49.3 Å². The highest BCUT2D eigenvalue weighted by Gasteiger charge is 2.46. The van der Waals surface area contributed by atoms with Gasteiger partial charge in [0.1, 0.15) is 16.5 Å². The van der Waals surface area contributed by atoms with Gasteiger partial charge in [-0.1, -0.05) is 43.7 Å². The van der Waals surface area contributed by atoms with Gasteiger partial charge >= 0.3 is 0 Å². The Morgan fingerprint density at radius 1 is 1.06 bits per heavy atom. The predicted molar refractivity (Wildman–Crippen MR) is 139 cm³/mol. The van der Waals surface area contributed by atoms with Crippen LogP contribution in [-0.2, 0) is 24.1 Å².